The van der Waals surface area contributed by atoms with Gasteiger partial charge in [0, 0.05) is 112 Å². The Labute approximate surface area is 475 Å². The fourth-order valence-corrected chi connectivity index (χ4v) is 12.6. The molecule has 0 atom stereocenters. The Hall–Kier alpha value is -6.25. The number of alkyl halides is 3. The number of hydrogen-bond donors (Lipinski definition) is 3. The first-order valence-corrected chi connectivity index (χ1v) is 28.1. The summed E-state index contributed by atoms with van der Waals surface area (Å²) in [5.41, 5.74) is 24.4. The summed E-state index contributed by atoms with van der Waals surface area (Å²) >= 11 is 7.95. The normalized spacial score (nSPS) is 18.0. The Morgan fingerprint density at radius 2 is 0.873 bits per heavy atom. The number of nitrogens with zero attached hydrogens (tertiary/aromatic N) is 3. The highest BCUT2D eigenvalue weighted by molar-refractivity contribution is 14.1. The van der Waals surface area contributed by atoms with Crippen molar-refractivity contribution in [1.82, 2.24) is 14.7 Å². The van der Waals surface area contributed by atoms with Crippen LogP contribution < -0.4 is 31.4 Å². The lowest BCUT2D eigenvalue weighted by Crippen LogP contribution is -2.46. The molecule has 0 aromatic heterocycles. The molecule has 0 aliphatic carbocycles. The molecule has 6 aromatic rings. The summed E-state index contributed by atoms with van der Waals surface area (Å²) in [6.07, 6.45) is 0.449. The van der Waals surface area contributed by atoms with Crippen LogP contribution in [0.3, 0.4) is 0 Å². The van der Waals surface area contributed by atoms with Gasteiger partial charge < -0.3 is 46.1 Å². The van der Waals surface area contributed by atoms with Crippen molar-refractivity contribution in [3.8, 4) is 17.2 Å². The van der Waals surface area contributed by atoms with Gasteiger partial charge in [0.25, 0.3) is 17.7 Å². The van der Waals surface area contributed by atoms with E-state index < -0.39 is 17.6 Å². The second-order valence-corrected chi connectivity index (χ2v) is 23.1. The number of fused-ring (bicyclic) bond motifs is 6. The van der Waals surface area contributed by atoms with Gasteiger partial charge >= 0.3 is 6.18 Å². The van der Waals surface area contributed by atoms with E-state index in [1.165, 1.54) is 35.4 Å². The highest BCUT2D eigenvalue weighted by Crippen LogP contribution is 2.49. The number of piperidine rings is 3. The Balaban J connectivity index is 0.000000134. The van der Waals surface area contributed by atoms with E-state index in [0.717, 1.165) is 99.5 Å². The molecular formula is C61H62ClF4IN6O6. The lowest BCUT2D eigenvalue weighted by atomic mass is 9.74. The van der Waals surface area contributed by atoms with Gasteiger partial charge in [-0.1, -0.05) is 60.1 Å². The molecule has 6 N–H and O–H groups in total. The van der Waals surface area contributed by atoms with Gasteiger partial charge in [-0.05, 0) is 151 Å². The number of halogens is 6. The van der Waals surface area contributed by atoms with Crippen molar-refractivity contribution in [3.63, 3.8) is 0 Å². The van der Waals surface area contributed by atoms with Crippen molar-refractivity contribution in [2.24, 2.45) is 17.2 Å². The number of rotatable bonds is 6. The van der Waals surface area contributed by atoms with Crippen LogP contribution in [0.5, 0.6) is 17.2 Å². The lowest BCUT2D eigenvalue weighted by molar-refractivity contribution is -0.137. The lowest BCUT2D eigenvalue weighted by Gasteiger charge is -2.38. The minimum absolute atomic E-state index is 0.0227. The average molecular weight is 1210 g/mol. The fraction of sp³-hybridized carbons (Fsp3) is 0.361. The van der Waals surface area contributed by atoms with Crippen LogP contribution in [-0.4, -0.2) is 91.5 Å². The van der Waals surface area contributed by atoms with Crippen LogP contribution >= 0.6 is 34.2 Å². The molecule has 0 bridgehead atoms. The van der Waals surface area contributed by atoms with E-state index in [0.29, 0.717) is 84.0 Å². The molecule has 6 aliphatic heterocycles. The van der Waals surface area contributed by atoms with E-state index in [1.54, 1.807) is 15.9 Å². The second-order valence-electron chi connectivity index (χ2n) is 21.4. The van der Waals surface area contributed by atoms with E-state index in [9.17, 15) is 31.9 Å². The molecule has 3 amide bonds. The quantitative estimate of drug-likeness (QED) is 0.109. The predicted molar refractivity (Wildman–Crippen MR) is 302 cm³/mol. The molecule has 6 aliphatic rings. The van der Waals surface area contributed by atoms with Gasteiger partial charge in [0.1, 0.15) is 23.1 Å². The maximum atomic E-state index is 13.7. The first kappa shape index (κ1) is 56.0. The first-order valence-electron chi connectivity index (χ1n) is 26.6. The van der Waals surface area contributed by atoms with Crippen LogP contribution in [0, 0.1) is 9.39 Å². The molecule has 3 spiro atoms. The molecule has 12 rings (SSSR count). The number of carbonyl (C=O) groups excluding carboxylic acids is 3. The summed E-state index contributed by atoms with van der Waals surface area (Å²) < 4.78 is 71.2. The van der Waals surface area contributed by atoms with Gasteiger partial charge in [-0.25, -0.2) is 4.39 Å². The number of carbonyl (C=O) groups is 3. The summed E-state index contributed by atoms with van der Waals surface area (Å²) in [4.78, 5) is 43.6. The third-order valence-electron chi connectivity index (χ3n) is 16.8. The molecule has 3 fully saturated rings. The third kappa shape index (κ3) is 11.6. The number of likely N-dealkylation sites (tertiary alicyclic amines) is 3. The van der Waals surface area contributed by atoms with E-state index in [1.807, 2.05) is 65.6 Å². The van der Waals surface area contributed by atoms with Crippen molar-refractivity contribution < 1.29 is 46.2 Å². The van der Waals surface area contributed by atoms with E-state index in [-0.39, 0.29) is 44.6 Å². The maximum Gasteiger partial charge on any atom is 0.416 e. The average Bonchev–Trinajstić information content (AvgIpc) is 4.29. The van der Waals surface area contributed by atoms with Crippen molar-refractivity contribution in [3.05, 3.63) is 191 Å². The molecule has 0 unspecified atom stereocenters. The van der Waals surface area contributed by atoms with Gasteiger partial charge in [0.05, 0.1) is 30.4 Å². The highest BCUT2D eigenvalue weighted by Gasteiger charge is 2.47. The van der Waals surface area contributed by atoms with E-state index in [2.05, 4.69) is 40.8 Å². The van der Waals surface area contributed by atoms with Gasteiger partial charge in [0.2, 0.25) is 0 Å². The van der Waals surface area contributed by atoms with Crippen LogP contribution in [0.15, 0.2) is 121 Å². The van der Waals surface area contributed by atoms with E-state index >= 15 is 0 Å². The molecule has 79 heavy (non-hydrogen) atoms. The molecule has 0 saturated carbocycles. The van der Waals surface area contributed by atoms with Crippen molar-refractivity contribution in [1.29, 1.82) is 0 Å². The summed E-state index contributed by atoms with van der Waals surface area (Å²) in [5, 5.41) is 0.0227. The summed E-state index contributed by atoms with van der Waals surface area (Å²) in [6, 6.07) is 34.9. The number of benzene rings is 6. The van der Waals surface area contributed by atoms with Crippen molar-refractivity contribution in [2.75, 3.05) is 59.1 Å². The third-order valence-corrected chi connectivity index (χ3v) is 17.7. The number of ether oxygens (including phenoxy) is 3. The zero-order valence-electron chi connectivity index (χ0n) is 43.6. The summed E-state index contributed by atoms with van der Waals surface area (Å²) in [5.74, 6) is 1.79. The van der Waals surface area contributed by atoms with Crippen LogP contribution in [-0.2, 0) is 42.1 Å². The Kier molecular flexibility index (Phi) is 16.4. The maximum absolute atomic E-state index is 13.7. The largest absolute Gasteiger partial charge is 0.492 e. The SMILES string of the molecule is NCc1ccc2c(c1)C1(CCN(C(=O)c3ccc(Cl)c(F)c3)CC1)CO2.NCc1ccc2c(c1)C1(CCN(C(=O)c3cccc(C(F)(F)F)c3)CC1)CO2.NCc1ccc2c(c1)C1(CCN(C(=O)c3cccc(I)c3)CC1)CO2. The van der Waals surface area contributed by atoms with Gasteiger partial charge in [-0.3, -0.25) is 14.4 Å². The molecular weight excluding hydrogens is 1150 g/mol. The number of amides is 3. The smallest absolute Gasteiger partial charge is 0.416 e. The van der Waals surface area contributed by atoms with Crippen LogP contribution in [0.2, 0.25) is 5.02 Å². The molecule has 6 heterocycles. The Morgan fingerprint density at radius 3 is 1.23 bits per heavy atom. The first-order chi connectivity index (χ1) is 38.0. The van der Waals surface area contributed by atoms with Crippen LogP contribution in [0.25, 0.3) is 0 Å². The fourth-order valence-electron chi connectivity index (χ4n) is 11.9. The number of nitrogens with two attached hydrogens (primary N) is 3. The summed E-state index contributed by atoms with van der Waals surface area (Å²) in [7, 11) is 0. The zero-order valence-corrected chi connectivity index (χ0v) is 46.5. The monoisotopic (exact) mass is 1210 g/mol. The molecule has 6 aromatic carbocycles. The van der Waals surface area contributed by atoms with Gasteiger partial charge in [-0.15, -0.1) is 0 Å². The second kappa shape index (κ2) is 23.1. The minimum atomic E-state index is -4.46. The molecule has 3 saturated heterocycles. The molecule has 0 radical (unpaired) electrons. The molecule has 18 heteroatoms. The topological polar surface area (TPSA) is 167 Å². The number of hydrogen-bond acceptors (Lipinski definition) is 9. The van der Waals surface area contributed by atoms with E-state index in [4.69, 9.17) is 43.0 Å². The molecule has 414 valence electrons. The minimum Gasteiger partial charge on any atom is -0.492 e. The highest BCUT2D eigenvalue weighted by atomic mass is 127. The molecule has 12 nitrogen and oxygen atoms in total. The van der Waals surface area contributed by atoms with Crippen LogP contribution in [0.4, 0.5) is 17.6 Å². The van der Waals surface area contributed by atoms with Crippen LogP contribution in [0.1, 0.15) is 109 Å². The van der Waals surface area contributed by atoms with Crippen molar-refractivity contribution >= 4 is 51.9 Å². The Morgan fingerprint density at radius 1 is 0.506 bits per heavy atom. The predicted octanol–water partition coefficient (Wildman–Crippen LogP) is 10.6. The van der Waals surface area contributed by atoms with Gasteiger partial charge in [0.15, 0.2) is 0 Å². The zero-order chi connectivity index (χ0) is 55.7. The van der Waals surface area contributed by atoms with Crippen molar-refractivity contribution in [2.45, 2.75) is 80.6 Å². The Bertz CT molecular complexity index is 3260. The standard InChI is InChI=1S/C21H21F3N2O2.C20H20ClFN2O2.C20H21IN2O2/c22-21(23,24)16-3-1-2-15(11-16)19(27)26-8-6-20(7-9-26)13-28-18-5-4-14(12-25)10-17(18)20;21-16-3-2-14(10-17(16)22)19(25)24-7-5-20(6-8-24)12-26-18-4-1-13(11-23)9-15(18)20;21-16-3-1-2-15(11-16)19(24)23-8-6-20(7-9-23)13-25-18-5-4-14(12-22)10-17(18)20/h1-5,10-11H,6-9,12-13,25H2;1-4,9-10H,5-8,11-12,23H2;1-5,10-11H,6-9,12-13,22H2. The summed E-state index contributed by atoms with van der Waals surface area (Å²) in [6.45, 7) is 7.09. The van der Waals surface area contributed by atoms with Gasteiger partial charge in [-0.2, -0.15) is 13.2 Å².